The van der Waals surface area contributed by atoms with Crippen LogP contribution in [0.4, 0.5) is 0 Å². The molecule has 0 spiro atoms. The number of aliphatic hydroxyl groups is 1. The van der Waals surface area contributed by atoms with Crippen LogP contribution in [0.5, 0.6) is 0 Å². The van der Waals surface area contributed by atoms with Crippen LogP contribution in [0.1, 0.15) is 61.3 Å². The SMILES string of the molecule is CCC1=CCC(O)(C(C)(C)C)C(C(C)(C)C)=C1. The summed E-state index contributed by atoms with van der Waals surface area (Å²) in [4.78, 5) is 0. The monoisotopic (exact) mass is 236 g/mol. The van der Waals surface area contributed by atoms with E-state index in [0.717, 1.165) is 12.8 Å². The molecular weight excluding hydrogens is 208 g/mol. The Labute approximate surface area is 107 Å². The lowest BCUT2D eigenvalue weighted by Crippen LogP contribution is -2.48. The molecule has 1 unspecified atom stereocenters. The van der Waals surface area contributed by atoms with Crippen molar-refractivity contribution >= 4 is 0 Å². The lowest BCUT2D eigenvalue weighted by molar-refractivity contribution is -0.0364. The molecule has 1 N–H and O–H groups in total. The van der Waals surface area contributed by atoms with Crippen LogP contribution in [0, 0.1) is 10.8 Å². The highest BCUT2D eigenvalue weighted by Crippen LogP contribution is 2.48. The second kappa shape index (κ2) is 4.28. The van der Waals surface area contributed by atoms with Gasteiger partial charge in [-0.1, -0.05) is 66.2 Å². The summed E-state index contributed by atoms with van der Waals surface area (Å²) < 4.78 is 0. The van der Waals surface area contributed by atoms with Crippen LogP contribution in [-0.2, 0) is 0 Å². The van der Waals surface area contributed by atoms with E-state index in [-0.39, 0.29) is 10.8 Å². The highest BCUT2D eigenvalue weighted by molar-refractivity contribution is 5.39. The first-order chi connectivity index (χ1) is 7.52. The van der Waals surface area contributed by atoms with Gasteiger partial charge in [-0.05, 0) is 29.2 Å². The molecule has 0 heterocycles. The lowest BCUT2D eigenvalue weighted by Gasteiger charge is -2.48. The first kappa shape index (κ1) is 14.5. The van der Waals surface area contributed by atoms with Crippen LogP contribution in [-0.4, -0.2) is 10.7 Å². The van der Waals surface area contributed by atoms with Gasteiger partial charge in [-0.2, -0.15) is 0 Å². The van der Waals surface area contributed by atoms with Gasteiger partial charge in [0.2, 0.25) is 0 Å². The minimum atomic E-state index is -0.718. The average molecular weight is 236 g/mol. The summed E-state index contributed by atoms with van der Waals surface area (Å²) in [7, 11) is 0. The maximum Gasteiger partial charge on any atom is 0.0947 e. The number of rotatable bonds is 1. The Balaban J connectivity index is 3.30. The molecule has 1 heteroatoms. The molecule has 0 aromatic rings. The van der Waals surface area contributed by atoms with Gasteiger partial charge >= 0.3 is 0 Å². The van der Waals surface area contributed by atoms with Gasteiger partial charge in [0, 0.05) is 0 Å². The molecule has 1 aliphatic carbocycles. The van der Waals surface area contributed by atoms with Crippen LogP contribution in [0.3, 0.4) is 0 Å². The Kier molecular flexibility index (Phi) is 3.65. The summed E-state index contributed by atoms with van der Waals surface area (Å²) in [5.41, 5.74) is 1.68. The van der Waals surface area contributed by atoms with Gasteiger partial charge in [0.25, 0.3) is 0 Å². The van der Waals surface area contributed by atoms with Crippen molar-refractivity contribution in [2.75, 3.05) is 0 Å². The van der Waals surface area contributed by atoms with E-state index >= 15 is 0 Å². The summed E-state index contributed by atoms with van der Waals surface area (Å²) in [5, 5.41) is 11.1. The predicted molar refractivity (Wildman–Crippen MR) is 74.9 cm³/mol. The van der Waals surface area contributed by atoms with Gasteiger partial charge in [0.1, 0.15) is 0 Å². The van der Waals surface area contributed by atoms with Crippen LogP contribution >= 0.6 is 0 Å². The van der Waals surface area contributed by atoms with E-state index in [0.29, 0.717) is 0 Å². The zero-order valence-electron chi connectivity index (χ0n) is 12.5. The number of allylic oxidation sites excluding steroid dienone is 2. The zero-order chi connectivity index (χ0) is 13.5. The minimum absolute atomic E-state index is 0.0106. The highest BCUT2D eigenvalue weighted by Gasteiger charge is 2.47. The Bertz CT molecular complexity index is 347. The van der Waals surface area contributed by atoms with Crippen molar-refractivity contribution in [3.63, 3.8) is 0 Å². The molecule has 0 bridgehead atoms. The molecule has 1 nitrogen and oxygen atoms in total. The van der Waals surface area contributed by atoms with Crippen molar-refractivity contribution < 1.29 is 5.11 Å². The topological polar surface area (TPSA) is 20.2 Å². The van der Waals surface area contributed by atoms with E-state index in [2.05, 4.69) is 60.6 Å². The molecule has 0 radical (unpaired) electrons. The number of hydrogen-bond donors (Lipinski definition) is 1. The quantitative estimate of drug-likeness (QED) is 0.712. The van der Waals surface area contributed by atoms with Crippen molar-refractivity contribution in [2.24, 2.45) is 10.8 Å². The second-order valence-corrected chi connectivity index (χ2v) is 7.26. The molecule has 0 aromatic heterocycles. The number of hydrogen-bond acceptors (Lipinski definition) is 1. The van der Waals surface area contributed by atoms with Crippen LogP contribution < -0.4 is 0 Å². The van der Waals surface area contributed by atoms with Gasteiger partial charge in [-0.25, -0.2) is 0 Å². The van der Waals surface area contributed by atoms with E-state index in [1.807, 2.05) is 0 Å². The van der Waals surface area contributed by atoms with Gasteiger partial charge in [0.05, 0.1) is 5.60 Å². The standard InChI is InChI=1S/C16H28O/c1-8-12-9-10-16(17,15(5,6)7)13(11-12)14(2,3)4/h9,11,17H,8,10H2,1-7H3. The van der Waals surface area contributed by atoms with Crippen LogP contribution in [0.2, 0.25) is 0 Å². The molecule has 98 valence electrons. The normalized spacial score (nSPS) is 26.6. The van der Waals surface area contributed by atoms with Crippen molar-refractivity contribution in [3.8, 4) is 0 Å². The van der Waals surface area contributed by atoms with Gasteiger partial charge < -0.3 is 5.11 Å². The molecule has 0 saturated carbocycles. The summed E-state index contributed by atoms with van der Waals surface area (Å²) in [6.45, 7) is 15.1. The molecule has 0 aliphatic heterocycles. The molecule has 0 fully saturated rings. The lowest BCUT2D eigenvalue weighted by atomic mass is 9.61. The Hall–Kier alpha value is -0.560. The van der Waals surface area contributed by atoms with E-state index in [1.165, 1.54) is 11.1 Å². The third-order valence-corrected chi connectivity index (χ3v) is 3.89. The zero-order valence-corrected chi connectivity index (χ0v) is 12.5. The average Bonchev–Trinajstić information content (AvgIpc) is 2.15. The molecule has 0 amide bonds. The molecule has 0 aromatic carbocycles. The molecular formula is C16H28O. The first-order valence-corrected chi connectivity index (χ1v) is 6.66. The van der Waals surface area contributed by atoms with Gasteiger partial charge in [0.15, 0.2) is 0 Å². The fraction of sp³-hybridized carbons (Fsp3) is 0.750. The maximum atomic E-state index is 11.1. The summed E-state index contributed by atoms with van der Waals surface area (Å²) in [6.07, 6.45) is 6.19. The minimum Gasteiger partial charge on any atom is -0.385 e. The van der Waals surface area contributed by atoms with Crippen LogP contribution in [0.25, 0.3) is 0 Å². The molecule has 17 heavy (non-hydrogen) atoms. The van der Waals surface area contributed by atoms with Crippen molar-refractivity contribution in [1.82, 2.24) is 0 Å². The fourth-order valence-electron chi connectivity index (χ4n) is 2.55. The second-order valence-electron chi connectivity index (χ2n) is 7.26. The molecule has 1 atom stereocenters. The Morgan fingerprint density at radius 2 is 1.71 bits per heavy atom. The Morgan fingerprint density at radius 3 is 2.06 bits per heavy atom. The Morgan fingerprint density at radius 1 is 1.18 bits per heavy atom. The van der Waals surface area contributed by atoms with Crippen molar-refractivity contribution in [2.45, 2.75) is 66.9 Å². The van der Waals surface area contributed by atoms with E-state index in [1.54, 1.807) is 0 Å². The van der Waals surface area contributed by atoms with E-state index in [9.17, 15) is 5.11 Å². The highest BCUT2D eigenvalue weighted by atomic mass is 16.3. The van der Waals surface area contributed by atoms with Gasteiger partial charge in [-0.3, -0.25) is 0 Å². The molecule has 1 aliphatic rings. The third kappa shape index (κ3) is 2.65. The van der Waals surface area contributed by atoms with Crippen molar-refractivity contribution in [1.29, 1.82) is 0 Å². The summed E-state index contributed by atoms with van der Waals surface area (Å²) >= 11 is 0. The smallest absolute Gasteiger partial charge is 0.0947 e. The third-order valence-electron chi connectivity index (χ3n) is 3.89. The summed E-state index contributed by atoms with van der Waals surface area (Å²) in [6, 6.07) is 0. The van der Waals surface area contributed by atoms with Crippen LogP contribution in [0.15, 0.2) is 23.3 Å². The van der Waals surface area contributed by atoms with E-state index < -0.39 is 5.60 Å². The van der Waals surface area contributed by atoms with Crippen molar-refractivity contribution in [3.05, 3.63) is 23.3 Å². The first-order valence-electron chi connectivity index (χ1n) is 6.66. The predicted octanol–water partition coefficient (Wildman–Crippen LogP) is 4.48. The largest absolute Gasteiger partial charge is 0.385 e. The molecule has 1 rings (SSSR count). The van der Waals surface area contributed by atoms with Gasteiger partial charge in [-0.15, -0.1) is 0 Å². The van der Waals surface area contributed by atoms with E-state index in [4.69, 9.17) is 0 Å². The fourth-order valence-corrected chi connectivity index (χ4v) is 2.55. The summed E-state index contributed by atoms with van der Waals surface area (Å²) in [5.74, 6) is 0. The maximum absolute atomic E-state index is 11.1. The molecule has 0 saturated heterocycles.